The van der Waals surface area contributed by atoms with Crippen LogP contribution in [0.25, 0.3) is 16.7 Å². The summed E-state index contributed by atoms with van der Waals surface area (Å²) in [6.07, 6.45) is -2.80. The molecule has 0 fully saturated rings. The molecule has 20 heavy (non-hydrogen) atoms. The Labute approximate surface area is 110 Å². The fourth-order valence-electron chi connectivity index (χ4n) is 1.98. The molecule has 0 aliphatic carbocycles. The fraction of sp³-hybridized carbons (Fsp3) is 0.0769. The van der Waals surface area contributed by atoms with Crippen LogP contribution in [0.15, 0.2) is 47.4 Å². The molecule has 0 bridgehead atoms. The van der Waals surface area contributed by atoms with Crippen LogP contribution in [0.3, 0.4) is 0 Å². The number of hydrogen-bond acceptors (Lipinski definition) is 2. The van der Waals surface area contributed by atoms with Gasteiger partial charge in [0.2, 0.25) is 0 Å². The van der Waals surface area contributed by atoms with Gasteiger partial charge in [0.05, 0.1) is 11.1 Å². The van der Waals surface area contributed by atoms with E-state index in [9.17, 15) is 18.0 Å². The van der Waals surface area contributed by atoms with Crippen LogP contribution in [-0.4, -0.2) is 14.8 Å². The summed E-state index contributed by atoms with van der Waals surface area (Å²) >= 11 is 0. The standard InChI is InChI=1S/C13H8F3N3O/c14-13(15,16)9-2-1-8-5-6-19(10(8)7-9)11-3-4-12(20)18-17-11/h1-7H,(H,18,20). The van der Waals surface area contributed by atoms with Crippen LogP contribution in [0.2, 0.25) is 0 Å². The summed E-state index contributed by atoms with van der Waals surface area (Å²) in [6, 6.07) is 7.89. The largest absolute Gasteiger partial charge is 0.416 e. The van der Waals surface area contributed by atoms with Gasteiger partial charge < -0.3 is 0 Å². The molecule has 0 aliphatic heterocycles. The number of rotatable bonds is 1. The van der Waals surface area contributed by atoms with Crippen molar-refractivity contribution in [2.24, 2.45) is 0 Å². The van der Waals surface area contributed by atoms with Crippen LogP contribution in [0, 0.1) is 0 Å². The van der Waals surface area contributed by atoms with Crippen molar-refractivity contribution in [3.63, 3.8) is 0 Å². The van der Waals surface area contributed by atoms with Crippen LogP contribution in [0.4, 0.5) is 13.2 Å². The summed E-state index contributed by atoms with van der Waals surface area (Å²) in [4.78, 5) is 11.0. The van der Waals surface area contributed by atoms with E-state index in [1.165, 1.54) is 22.8 Å². The Balaban J connectivity index is 2.21. The lowest BCUT2D eigenvalue weighted by Crippen LogP contribution is -2.09. The molecule has 3 rings (SSSR count). The Morgan fingerprint density at radius 3 is 2.55 bits per heavy atom. The normalized spacial score (nSPS) is 11.9. The second kappa shape index (κ2) is 4.22. The fourth-order valence-corrected chi connectivity index (χ4v) is 1.98. The molecule has 0 spiro atoms. The predicted octanol–water partition coefficient (Wildman–Crippen LogP) is 2.73. The first-order valence-electron chi connectivity index (χ1n) is 5.69. The number of aromatic nitrogens is 3. The van der Waals surface area contributed by atoms with Crippen molar-refractivity contribution in [3.8, 4) is 5.82 Å². The Kier molecular flexibility index (Phi) is 2.63. The van der Waals surface area contributed by atoms with Gasteiger partial charge in [0, 0.05) is 17.6 Å². The molecular formula is C13H8F3N3O. The Morgan fingerprint density at radius 2 is 1.90 bits per heavy atom. The summed E-state index contributed by atoms with van der Waals surface area (Å²) in [7, 11) is 0. The Hall–Kier alpha value is -2.57. The molecule has 0 saturated carbocycles. The van der Waals surface area contributed by atoms with Gasteiger partial charge in [-0.05, 0) is 24.3 Å². The van der Waals surface area contributed by atoms with Gasteiger partial charge in [0.25, 0.3) is 5.56 Å². The molecule has 7 heteroatoms. The quantitative estimate of drug-likeness (QED) is 0.744. The van der Waals surface area contributed by atoms with E-state index in [1.54, 1.807) is 12.3 Å². The summed E-state index contributed by atoms with van der Waals surface area (Å²) in [6.45, 7) is 0. The number of fused-ring (bicyclic) bond motifs is 1. The molecule has 1 aromatic carbocycles. The third-order valence-corrected chi connectivity index (χ3v) is 2.93. The molecule has 0 radical (unpaired) electrons. The number of aromatic amines is 1. The Morgan fingerprint density at radius 1 is 1.10 bits per heavy atom. The van der Waals surface area contributed by atoms with Gasteiger partial charge in [-0.25, -0.2) is 5.10 Å². The average Bonchev–Trinajstić information content (AvgIpc) is 2.81. The summed E-state index contributed by atoms with van der Waals surface area (Å²) in [5, 5.41) is 6.71. The van der Waals surface area contributed by atoms with E-state index >= 15 is 0 Å². The minimum atomic E-state index is -4.40. The first-order valence-corrected chi connectivity index (χ1v) is 5.69. The van der Waals surface area contributed by atoms with E-state index in [1.807, 2.05) is 0 Å². The molecule has 0 amide bonds. The van der Waals surface area contributed by atoms with Gasteiger partial charge in [-0.1, -0.05) is 6.07 Å². The van der Waals surface area contributed by atoms with Gasteiger partial charge in [-0.3, -0.25) is 9.36 Å². The van der Waals surface area contributed by atoms with Gasteiger partial charge in [0.15, 0.2) is 5.82 Å². The maximum Gasteiger partial charge on any atom is 0.416 e. The third-order valence-electron chi connectivity index (χ3n) is 2.93. The first kappa shape index (κ1) is 12.5. The highest BCUT2D eigenvalue weighted by Crippen LogP contribution is 2.32. The number of nitrogens with zero attached hydrogens (tertiary/aromatic N) is 2. The van der Waals surface area contributed by atoms with Gasteiger partial charge in [0.1, 0.15) is 0 Å². The summed E-state index contributed by atoms with van der Waals surface area (Å²) in [5.74, 6) is 0.346. The molecule has 4 nitrogen and oxygen atoms in total. The zero-order chi connectivity index (χ0) is 14.3. The second-order valence-corrected chi connectivity index (χ2v) is 4.24. The molecule has 102 valence electrons. The van der Waals surface area contributed by atoms with Crippen LogP contribution >= 0.6 is 0 Å². The first-order chi connectivity index (χ1) is 9.45. The monoisotopic (exact) mass is 279 g/mol. The van der Waals surface area contributed by atoms with Crippen molar-refractivity contribution in [2.45, 2.75) is 6.18 Å². The molecule has 0 atom stereocenters. The highest BCUT2D eigenvalue weighted by Gasteiger charge is 2.30. The van der Waals surface area contributed by atoms with Crippen LogP contribution in [-0.2, 0) is 6.18 Å². The highest BCUT2D eigenvalue weighted by molar-refractivity contribution is 5.82. The summed E-state index contributed by atoms with van der Waals surface area (Å²) < 4.78 is 39.7. The van der Waals surface area contributed by atoms with E-state index < -0.39 is 11.7 Å². The lowest BCUT2D eigenvalue weighted by Gasteiger charge is -2.08. The smallest absolute Gasteiger partial charge is 0.300 e. The highest BCUT2D eigenvalue weighted by atomic mass is 19.4. The summed E-state index contributed by atoms with van der Waals surface area (Å²) in [5.41, 5.74) is -0.727. The lowest BCUT2D eigenvalue weighted by atomic mass is 10.1. The van der Waals surface area contributed by atoms with E-state index in [-0.39, 0.29) is 5.56 Å². The van der Waals surface area contributed by atoms with E-state index in [4.69, 9.17) is 0 Å². The minimum Gasteiger partial charge on any atom is -0.300 e. The van der Waals surface area contributed by atoms with Gasteiger partial charge >= 0.3 is 6.18 Å². The van der Waals surface area contributed by atoms with Crippen molar-refractivity contribution in [3.05, 3.63) is 58.5 Å². The molecule has 1 N–H and O–H groups in total. The van der Waals surface area contributed by atoms with Crippen LogP contribution in [0.1, 0.15) is 5.56 Å². The molecule has 2 aromatic heterocycles. The average molecular weight is 279 g/mol. The zero-order valence-corrected chi connectivity index (χ0v) is 9.98. The number of benzene rings is 1. The molecule has 0 unspecified atom stereocenters. The van der Waals surface area contributed by atoms with Gasteiger partial charge in [-0.2, -0.15) is 18.3 Å². The maximum atomic E-state index is 12.7. The number of halogens is 3. The number of hydrogen-bond donors (Lipinski definition) is 1. The Bertz CT molecular complexity index is 812. The van der Waals surface area contributed by atoms with Crippen LogP contribution < -0.4 is 5.56 Å². The van der Waals surface area contributed by atoms with Crippen molar-refractivity contribution in [2.75, 3.05) is 0 Å². The number of alkyl halides is 3. The number of H-pyrrole nitrogens is 1. The zero-order valence-electron chi connectivity index (χ0n) is 9.98. The van der Waals surface area contributed by atoms with Crippen LogP contribution in [0.5, 0.6) is 0 Å². The second-order valence-electron chi connectivity index (χ2n) is 4.24. The van der Waals surface area contributed by atoms with Crippen molar-refractivity contribution in [1.82, 2.24) is 14.8 Å². The molecule has 2 heterocycles. The van der Waals surface area contributed by atoms with E-state index in [2.05, 4.69) is 10.2 Å². The molecule has 0 saturated heterocycles. The molecule has 3 aromatic rings. The van der Waals surface area contributed by atoms with Gasteiger partial charge in [-0.15, -0.1) is 0 Å². The van der Waals surface area contributed by atoms with Crippen molar-refractivity contribution < 1.29 is 13.2 Å². The van der Waals surface area contributed by atoms with Crippen molar-refractivity contribution in [1.29, 1.82) is 0 Å². The predicted molar refractivity (Wildman–Crippen MR) is 66.7 cm³/mol. The maximum absolute atomic E-state index is 12.7. The third kappa shape index (κ3) is 2.07. The lowest BCUT2D eigenvalue weighted by molar-refractivity contribution is -0.137. The van der Waals surface area contributed by atoms with Crippen molar-refractivity contribution >= 4 is 10.9 Å². The minimum absolute atomic E-state index is 0.346. The topological polar surface area (TPSA) is 50.7 Å². The SMILES string of the molecule is O=c1ccc(-n2ccc3ccc(C(F)(F)F)cc32)n[nH]1. The molecule has 0 aliphatic rings. The van der Waals surface area contributed by atoms with E-state index in [0.29, 0.717) is 16.7 Å². The molecular weight excluding hydrogens is 271 g/mol. The number of nitrogens with one attached hydrogen (secondary N) is 1. The van der Waals surface area contributed by atoms with E-state index in [0.717, 1.165) is 12.1 Å².